The third kappa shape index (κ3) is 4.64. The molecule has 1 saturated heterocycles. The molecule has 0 saturated carbocycles. The molecule has 0 N–H and O–H groups in total. The van der Waals surface area contributed by atoms with Gasteiger partial charge in [0.25, 0.3) is 5.91 Å². The van der Waals surface area contributed by atoms with Crippen LogP contribution in [0.15, 0.2) is 58.5 Å². The number of hydrazone groups is 1. The van der Waals surface area contributed by atoms with Gasteiger partial charge in [-0.1, -0.05) is 55.1 Å². The van der Waals surface area contributed by atoms with E-state index in [1.807, 2.05) is 61.5 Å². The van der Waals surface area contributed by atoms with Crippen LogP contribution in [0.25, 0.3) is 6.08 Å². The molecule has 1 aliphatic heterocycles. The number of benzene rings is 2. The van der Waals surface area contributed by atoms with Gasteiger partial charge in [-0.05, 0) is 53.5 Å². The summed E-state index contributed by atoms with van der Waals surface area (Å²) in [6.45, 7) is 2.11. The summed E-state index contributed by atoms with van der Waals surface area (Å²) in [6.07, 6.45) is 4.51. The van der Waals surface area contributed by atoms with Gasteiger partial charge in [0.15, 0.2) is 4.32 Å². The van der Waals surface area contributed by atoms with Crippen LogP contribution in [0.2, 0.25) is 0 Å². The molecule has 2 aromatic carbocycles. The molecule has 0 atom stereocenters. The zero-order valence-electron chi connectivity index (χ0n) is 15.5. The summed E-state index contributed by atoms with van der Waals surface area (Å²) in [6, 6.07) is 16.1. The Morgan fingerprint density at radius 1 is 1.07 bits per heavy atom. The molecule has 0 radical (unpaired) electrons. The van der Waals surface area contributed by atoms with Crippen molar-refractivity contribution in [2.75, 3.05) is 19.0 Å². The van der Waals surface area contributed by atoms with Gasteiger partial charge in [0.05, 0.1) is 11.1 Å². The summed E-state index contributed by atoms with van der Waals surface area (Å²) < 4.78 is 0.442. The van der Waals surface area contributed by atoms with E-state index in [1.54, 1.807) is 6.21 Å². The molecule has 0 bridgehead atoms. The molecule has 1 heterocycles. The Hall–Kier alpha value is -2.44. The van der Waals surface area contributed by atoms with Crippen LogP contribution < -0.4 is 4.90 Å². The first kappa shape index (κ1) is 19.3. The second-order valence-electron chi connectivity index (χ2n) is 6.32. The highest BCUT2D eigenvalue weighted by Crippen LogP contribution is 2.33. The maximum Gasteiger partial charge on any atom is 0.286 e. The van der Waals surface area contributed by atoms with Gasteiger partial charge in [-0.3, -0.25) is 4.79 Å². The lowest BCUT2D eigenvalue weighted by molar-refractivity contribution is -0.122. The lowest BCUT2D eigenvalue weighted by Gasteiger charge is -2.11. The van der Waals surface area contributed by atoms with E-state index in [2.05, 4.69) is 24.2 Å². The van der Waals surface area contributed by atoms with Gasteiger partial charge >= 0.3 is 0 Å². The van der Waals surface area contributed by atoms with Crippen molar-refractivity contribution in [3.63, 3.8) is 0 Å². The molecule has 2 aromatic rings. The lowest BCUT2D eigenvalue weighted by atomic mass is 10.1. The van der Waals surface area contributed by atoms with Crippen molar-refractivity contribution in [1.82, 2.24) is 5.01 Å². The third-order valence-corrected chi connectivity index (χ3v) is 5.47. The van der Waals surface area contributed by atoms with Crippen LogP contribution in [0, 0.1) is 0 Å². The van der Waals surface area contributed by atoms with Crippen LogP contribution in [-0.2, 0) is 11.2 Å². The van der Waals surface area contributed by atoms with Gasteiger partial charge < -0.3 is 4.90 Å². The molecule has 1 amide bonds. The molecule has 0 aliphatic carbocycles. The molecule has 0 aromatic heterocycles. The molecule has 4 nitrogen and oxygen atoms in total. The molecule has 3 rings (SSSR count). The van der Waals surface area contributed by atoms with Crippen molar-refractivity contribution in [2.45, 2.75) is 13.3 Å². The van der Waals surface area contributed by atoms with Crippen LogP contribution in [0.3, 0.4) is 0 Å². The Morgan fingerprint density at radius 3 is 2.30 bits per heavy atom. The Morgan fingerprint density at radius 2 is 1.70 bits per heavy atom. The average Bonchev–Trinajstić information content (AvgIpc) is 2.94. The molecule has 1 fully saturated rings. The van der Waals surface area contributed by atoms with Crippen LogP contribution in [0.4, 0.5) is 5.69 Å². The SMILES string of the molecule is CCc1ccc(/C=N/N2C(=O)/C(=C\c3ccc(N(C)C)cc3)SC2=S)cc1. The highest BCUT2D eigenvalue weighted by atomic mass is 32.2. The van der Waals surface area contributed by atoms with E-state index in [0.717, 1.165) is 23.2 Å². The molecule has 0 spiro atoms. The fourth-order valence-electron chi connectivity index (χ4n) is 2.54. The van der Waals surface area contributed by atoms with Crippen LogP contribution >= 0.6 is 24.0 Å². The van der Waals surface area contributed by atoms with E-state index < -0.39 is 0 Å². The highest BCUT2D eigenvalue weighted by molar-refractivity contribution is 8.26. The van der Waals surface area contributed by atoms with Crippen molar-refractivity contribution < 1.29 is 4.79 Å². The number of nitrogens with zero attached hydrogens (tertiary/aromatic N) is 3. The van der Waals surface area contributed by atoms with Crippen LogP contribution in [0.1, 0.15) is 23.6 Å². The van der Waals surface area contributed by atoms with Gasteiger partial charge in [0.1, 0.15) is 0 Å². The van der Waals surface area contributed by atoms with Crippen molar-refractivity contribution in [3.8, 4) is 0 Å². The number of aryl methyl sites for hydroxylation is 1. The van der Waals surface area contributed by atoms with E-state index in [-0.39, 0.29) is 5.91 Å². The monoisotopic (exact) mass is 395 g/mol. The summed E-state index contributed by atoms with van der Waals surface area (Å²) >= 11 is 6.60. The quantitative estimate of drug-likeness (QED) is 0.423. The summed E-state index contributed by atoms with van der Waals surface area (Å²) in [5, 5.41) is 5.57. The smallest absolute Gasteiger partial charge is 0.286 e. The molecule has 0 unspecified atom stereocenters. The maximum absolute atomic E-state index is 12.6. The standard InChI is InChI=1S/C21H21N3OS2/c1-4-15-5-7-17(8-6-15)14-22-24-20(25)19(27-21(24)26)13-16-9-11-18(12-10-16)23(2)3/h5-14H,4H2,1-3H3/b19-13+,22-14+. The average molecular weight is 396 g/mol. The van der Waals surface area contributed by atoms with Gasteiger partial charge in [0.2, 0.25) is 0 Å². The number of anilines is 1. The normalized spacial score (nSPS) is 16.0. The number of hydrogen-bond donors (Lipinski definition) is 0. The van der Waals surface area contributed by atoms with Crippen molar-refractivity contribution in [3.05, 3.63) is 70.1 Å². The summed E-state index contributed by atoms with van der Waals surface area (Å²) in [5.41, 5.74) is 4.27. The Kier molecular flexibility index (Phi) is 6.08. The first-order valence-electron chi connectivity index (χ1n) is 8.66. The minimum atomic E-state index is -0.192. The maximum atomic E-state index is 12.6. The number of amides is 1. The second-order valence-corrected chi connectivity index (χ2v) is 7.99. The van der Waals surface area contributed by atoms with E-state index in [0.29, 0.717) is 9.23 Å². The molecule has 138 valence electrons. The van der Waals surface area contributed by atoms with Gasteiger partial charge in [0, 0.05) is 19.8 Å². The first-order valence-corrected chi connectivity index (χ1v) is 9.88. The Bertz CT molecular complexity index is 900. The number of hydrogen-bond acceptors (Lipinski definition) is 5. The predicted octanol–water partition coefficient (Wildman–Crippen LogP) is 4.55. The fourth-order valence-corrected chi connectivity index (χ4v) is 3.72. The Balaban J connectivity index is 1.74. The van der Waals surface area contributed by atoms with E-state index in [9.17, 15) is 4.79 Å². The summed E-state index contributed by atoms with van der Waals surface area (Å²) in [7, 11) is 3.99. The second kappa shape index (κ2) is 8.50. The Labute approximate surface area is 169 Å². The molecular formula is C21H21N3OS2. The predicted molar refractivity (Wildman–Crippen MR) is 119 cm³/mol. The van der Waals surface area contributed by atoms with Gasteiger partial charge in [-0.15, -0.1) is 0 Å². The molecule has 6 heteroatoms. The van der Waals surface area contributed by atoms with E-state index in [1.165, 1.54) is 22.3 Å². The molecule has 1 aliphatic rings. The molecular weight excluding hydrogens is 374 g/mol. The minimum absolute atomic E-state index is 0.192. The molecule has 27 heavy (non-hydrogen) atoms. The largest absolute Gasteiger partial charge is 0.378 e. The van der Waals surface area contributed by atoms with Gasteiger partial charge in [-0.2, -0.15) is 10.1 Å². The third-order valence-electron chi connectivity index (χ3n) is 4.19. The van der Waals surface area contributed by atoms with Crippen molar-refractivity contribution in [2.24, 2.45) is 5.10 Å². The fraction of sp³-hybridized carbons (Fsp3) is 0.190. The first-order chi connectivity index (χ1) is 13.0. The van der Waals surface area contributed by atoms with Crippen LogP contribution in [-0.4, -0.2) is 35.5 Å². The number of carbonyl (C=O) groups excluding carboxylic acids is 1. The van der Waals surface area contributed by atoms with Crippen molar-refractivity contribution in [1.29, 1.82) is 0 Å². The number of thiocarbonyl (C=S) groups is 1. The zero-order valence-corrected chi connectivity index (χ0v) is 17.2. The zero-order chi connectivity index (χ0) is 19.4. The van der Waals surface area contributed by atoms with Crippen molar-refractivity contribution >= 4 is 52.2 Å². The highest BCUT2D eigenvalue weighted by Gasteiger charge is 2.31. The summed E-state index contributed by atoms with van der Waals surface area (Å²) in [4.78, 5) is 15.3. The van der Waals surface area contributed by atoms with E-state index in [4.69, 9.17) is 12.2 Å². The topological polar surface area (TPSA) is 35.9 Å². The summed E-state index contributed by atoms with van der Waals surface area (Å²) in [5.74, 6) is -0.192. The number of carbonyl (C=O) groups is 1. The number of thioether (sulfide) groups is 1. The van der Waals surface area contributed by atoms with Crippen LogP contribution in [0.5, 0.6) is 0 Å². The number of rotatable bonds is 5. The minimum Gasteiger partial charge on any atom is -0.378 e. The lowest BCUT2D eigenvalue weighted by Crippen LogP contribution is -2.22. The van der Waals surface area contributed by atoms with Gasteiger partial charge in [-0.25, -0.2) is 0 Å². The van der Waals surface area contributed by atoms with E-state index >= 15 is 0 Å².